The number of thiophene rings is 1. The van der Waals surface area contributed by atoms with Crippen LogP contribution in [0.15, 0.2) is 48.0 Å². The molecule has 5 nitrogen and oxygen atoms in total. The molecule has 0 saturated heterocycles. The Bertz CT molecular complexity index is 876. The van der Waals surface area contributed by atoms with Crippen molar-refractivity contribution in [2.45, 2.75) is 0 Å². The van der Waals surface area contributed by atoms with E-state index in [1.807, 2.05) is 23.6 Å². The topological polar surface area (TPSA) is 74.4 Å². The van der Waals surface area contributed by atoms with Gasteiger partial charge in [-0.15, -0.1) is 11.3 Å². The molecule has 0 amide bonds. The van der Waals surface area contributed by atoms with Gasteiger partial charge in [0.15, 0.2) is 0 Å². The van der Waals surface area contributed by atoms with Crippen molar-refractivity contribution in [2.75, 3.05) is 20.0 Å². The number of nitrogens with zero attached hydrogens (tertiary/aromatic N) is 1. The van der Waals surface area contributed by atoms with Crippen molar-refractivity contribution in [1.29, 1.82) is 0 Å². The van der Waals surface area contributed by atoms with Gasteiger partial charge in [-0.1, -0.05) is 12.1 Å². The second-order valence-electron chi connectivity index (χ2n) is 5.04. The lowest BCUT2D eigenvalue weighted by Gasteiger charge is -2.11. The minimum atomic E-state index is -0.447. The first kappa shape index (κ1) is 16.0. The van der Waals surface area contributed by atoms with E-state index >= 15 is 0 Å². The van der Waals surface area contributed by atoms with Crippen molar-refractivity contribution < 1.29 is 14.3 Å². The molecule has 24 heavy (non-hydrogen) atoms. The molecule has 0 atom stereocenters. The molecular weight excluding hydrogens is 324 g/mol. The average Bonchev–Trinajstić information content (AvgIpc) is 3.15. The van der Waals surface area contributed by atoms with Crippen LogP contribution in [0.5, 0.6) is 5.75 Å². The van der Waals surface area contributed by atoms with Gasteiger partial charge in [0.1, 0.15) is 17.1 Å². The zero-order valence-electron chi connectivity index (χ0n) is 13.3. The fourth-order valence-corrected chi connectivity index (χ4v) is 3.13. The molecule has 0 spiro atoms. The molecule has 0 aliphatic heterocycles. The third-order valence-corrected chi connectivity index (χ3v) is 4.56. The molecule has 0 fully saturated rings. The molecule has 122 valence electrons. The monoisotopic (exact) mass is 340 g/mol. The maximum atomic E-state index is 11.8. The quantitative estimate of drug-likeness (QED) is 0.730. The first-order valence-electron chi connectivity index (χ1n) is 7.20. The lowest BCUT2D eigenvalue weighted by atomic mass is 10.0. The normalized spacial score (nSPS) is 10.4. The van der Waals surface area contributed by atoms with Crippen LogP contribution >= 0.6 is 11.3 Å². The maximum absolute atomic E-state index is 11.8. The van der Waals surface area contributed by atoms with Crippen molar-refractivity contribution in [3.8, 4) is 27.3 Å². The molecule has 0 aliphatic rings. The van der Waals surface area contributed by atoms with E-state index in [0.29, 0.717) is 17.1 Å². The molecule has 3 rings (SSSR count). The number of esters is 1. The Morgan fingerprint density at radius 3 is 2.67 bits per heavy atom. The Morgan fingerprint density at radius 2 is 2.00 bits per heavy atom. The van der Waals surface area contributed by atoms with Crippen LogP contribution in [0.1, 0.15) is 10.4 Å². The highest BCUT2D eigenvalue weighted by Crippen LogP contribution is 2.34. The number of nitrogen functional groups attached to an aromatic ring is 1. The summed E-state index contributed by atoms with van der Waals surface area (Å²) in [5, 5.41) is 2.01. The molecule has 0 unspecified atom stereocenters. The number of methoxy groups -OCH3 is 2. The zero-order chi connectivity index (χ0) is 17.1. The summed E-state index contributed by atoms with van der Waals surface area (Å²) in [5.41, 5.74) is 9.02. The summed E-state index contributed by atoms with van der Waals surface area (Å²) in [4.78, 5) is 17.2. The molecule has 0 aliphatic carbocycles. The van der Waals surface area contributed by atoms with Crippen LogP contribution in [-0.2, 0) is 4.74 Å². The SMILES string of the molecule is COC(=O)c1ccc(-c2cc(-c3cccs3)cnc2N)cc1OC. The first-order valence-corrected chi connectivity index (χ1v) is 8.08. The lowest BCUT2D eigenvalue weighted by Crippen LogP contribution is -2.04. The highest BCUT2D eigenvalue weighted by molar-refractivity contribution is 7.13. The Labute approximate surface area is 143 Å². The van der Waals surface area contributed by atoms with E-state index in [-0.39, 0.29) is 0 Å². The molecular formula is C18H16N2O3S. The van der Waals surface area contributed by atoms with Crippen LogP contribution in [0.3, 0.4) is 0 Å². The largest absolute Gasteiger partial charge is 0.496 e. The van der Waals surface area contributed by atoms with Gasteiger partial charge in [0, 0.05) is 22.2 Å². The maximum Gasteiger partial charge on any atom is 0.341 e. The van der Waals surface area contributed by atoms with Gasteiger partial charge in [-0.3, -0.25) is 0 Å². The number of carbonyl (C=O) groups excluding carboxylic acids is 1. The average molecular weight is 340 g/mol. The Morgan fingerprint density at radius 1 is 1.17 bits per heavy atom. The number of rotatable bonds is 4. The predicted molar refractivity (Wildman–Crippen MR) is 95.3 cm³/mol. The Hall–Kier alpha value is -2.86. The van der Waals surface area contributed by atoms with Crippen LogP contribution in [0.4, 0.5) is 5.82 Å². The van der Waals surface area contributed by atoms with Crippen LogP contribution in [0, 0.1) is 0 Å². The van der Waals surface area contributed by atoms with Gasteiger partial charge in [-0.2, -0.15) is 0 Å². The number of aromatic nitrogens is 1. The second kappa shape index (κ2) is 6.72. The molecule has 2 N–H and O–H groups in total. The Kier molecular flexibility index (Phi) is 4.48. The molecule has 0 bridgehead atoms. The third-order valence-electron chi connectivity index (χ3n) is 3.64. The van der Waals surface area contributed by atoms with Gasteiger partial charge in [0.05, 0.1) is 14.2 Å². The summed E-state index contributed by atoms with van der Waals surface area (Å²) in [5.74, 6) is 0.403. The van der Waals surface area contributed by atoms with Crippen LogP contribution < -0.4 is 10.5 Å². The van der Waals surface area contributed by atoms with Gasteiger partial charge in [0.25, 0.3) is 0 Å². The highest BCUT2D eigenvalue weighted by atomic mass is 32.1. The smallest absolute Gasteiger partial charge is 0.341 e. The van der Waals surface area contributed by atoms with Crippen molar-refractivity contribution in [2.24, 2.45) is 0 Å². The van der Waals surface area contributed by atoms with E-state index in [1.54, 1.807) is 35.7 Å². The summed E-state index contributed by atoms with van der Waals surface area (Å²) in [7, 11) is 2.84. The van der Waals surface area contributed by atoms with Crippen molar-refractivity contribution >= 4 is 23.1 Å². The minimum absolute atomic E-state index is 0.365. The number of carbonyl (C=O) groups is 1. The van der Waals surface area contributed by atoms with Crippen LogP contribution in [-0.4, -0.2) is 25.2 Å². The molecule has 6 heteroatoms. The van der Waals surface area contributed by atoms with E-state index < -0.39 is 5.97 Å². The highest BCUT2D eigenvalue weighted by Gasteiger charge is 2.15. The fourth-order valence-electron chi connectivity index (χ4n) is 2.42. The minimum Gasteiger partial charge on any atom is -0.496 e. The summed E-state index contributed by atoms with van der Waals surface area (Å²) in [6, 6.07) is 11.2. The van der Waals surface area contributed by atoms with E-state index in [1.165, 1.54) is 14.2 Å². The van der Waals surface area contributed by atoms with Crippen molar-refractivity contribution in [3.63, 3.8) is 0 Å². The van der Waals surface area contributed by atoms with Crippen LogP contribution in [0.2, 0.25) is 0 Å². The van der Waals surface area contributed by atoms with E-state index in [2.05, 4.69) is 4.98 Å². The van der Waals surface area contributed by atoms with E-state index in [9.17, 15) is 4.79 Å². The number of benzene rings is 1. The zero-order valence-corrected chi connectivity index (χ0v) is 14.1. The van der Waals surface area contributed by atoms with Gasteiger partial charge >= 0.3 is 5.97 Å². The molecule has 2 aromatic heterocycles. The predicted octanol–water partition coefficient (Wildman–Crippen LogP) is 3.85. The molecule has 3 aromatic rings. The number of pyridine rings is 1. The second-order valence-corrected chi connectivity index (χ2v) is 5.99. The summed E-state index contributed by atoms with van der Waals surface area (Å²) in [6.45, 7) is 0. The first-order chi connectivity index (χ1) is 11.6. The van der Waals surface area contributed by atoms with Crippen molar-refractivity contribution in [1.82, 2.24) is 4.98 Å². The van der Waals surface area contributed by atoms with Gasteiger partial charge in [0.2, 0.25) is 0 Å². The van der Waals surface area contributed by atoms with Crippen LogP contribution in [0.25, 0.3) is 21.6 Å². The fraction of sp³-hybridized carbons (Fsp3) is 0.111. The molecule has 1 aromatic carbocycles. The number of anilines is 1. The summed E-state index contributed by atoms with van der Waals surface area (Å²) in [6.07, 6.45) is 1.75. The number of nitrogens with two attached hydrogens (primary N) is 1. The van der Waals surface area contributed by atoms with Gasteiger partial charge < -0.3 is 15.2 Å². The molecule has 0 saturated carbocycles. The standard InChI is InChI=1S/C18H16N2O3S/c1-22-15-9-11(5-6-13(15)18(21)23-2)14-8-12(10-20-17(14)19)16-4-3-7-24-16/h3-10H,1-2H3,(H2,19,20). The number of ether oxygens (including phenoxy) is 2. The third kappa shape index (κ3) is 2.96. The van der Waals surface area contributed by atoms with Gasteiger partial charge in [-0.05, 0) is 35.2 Å². The molecule has 2 heterocycles. The summed E-state index contributed by atoms with van der Waals surface area (Å²) < 4.78 is 10.1. The van der Waals surface area contributed by atoms with Gasteiger partial charge in [-0.25, -0.2) is 9.78 Å². The number of hydrogen-bond donors (Lipinski definition) is 1. The number of hydrogen-bond acceptors (Lipinski definition) is 6. The van der Waals surface area contributed by atoms with E-state index in [4.69, 9.17) is 15.2 Å². The Balaban J connectivity index is 2.09. The molecule has 0 radical (unpaired) electrons. The van der Waals surface area contributed by atoms with E-state index in [0.717, 1.165) is 21.6 Å². The van der Waals surface area contributed by atoms with Crippen molar-refractivity contribution in [3.05, 3.63) is 53.5 Å². The lowest BCUT2D eigenvalue weighted by molar-refractivity contribution is 0.0597. The summed E-state index contributed by atoms with van der Waals surface area (Å²) >= 11 is 1.64.